The molecule has 1 atom stereocenters. The summed E-state index contributed by atoms with van der Waals surface area (Å²) in [4.78, 5) is 0. The Kier molecular flexibility index (Phi) is 5.45. The summed E-state index contributed by atoms with van der Waals surface area (Å²) in [5, 5.41) is 9.29. The van der Waals surface area contributed by atoms with Crippen LogP contribution in [0.2, 0.25) is 0 Å². The molecule has 2 nitrogen and oxygen atoms in total. The number of alkyl halides is 3. The molecule has 0 aromatic heterocycles. The summed E-state index contributed by atoms with van der Waals surface area (Å²) in [6.07, 6.45) is -3.64. The Morgan fingerprint density at radius 2 is 1.85 bits per heavy atom. The van der Waals surface area contributed by atoms with Crippen LogP contribution in [0.4, 0.5) is 13.2 Å². The summed E-state index contributed by atoms with van der Waals surface area (Å²) in [5.41, 5.74) is -0.698. The zero-order valence-electron chi connectivity index (χ0n) is 12.0. The van der Waals surface area contributed by atoms with E-state index in [1.807, 2.05) is 20.8 Å². The predicted octanol–water partition coefficient (Wildman–Crippen LogP) is 4.13. The molecule has 1 N–H and O–H groups in total. The van der Waals surface area contributed by atoms with Gasteiger partial charge in [-0.2, -0.15) is 13.2 Å². The zero-order valence-corrected chi connectivity index (χ0v) is 12.0. The van der Waals surface area contributed by atoms with E-state index in [2.05, 4.69) is 0 Å². The van der Waals surface area contributed by atoms with Gasteiger partial charge in [-0.1, -0.05) is 26.8 Å². The molecule has 1 unspecified atom stereocenters. The third kappa shape index (κ3) is 5.82. The second-order valence-electron chi connectivity index (χ2n) is 6.15. The van der Waals surface area contributed by atoms with Crippen LogP contribution in [0.5, 0.6) is 5.75 Å². The number of halogens is 3. The van der Waals surface area contributed by atoms with Gasteiger partial charge in [-0.3, -0.25) is 0 Å². The van der Waals surface area contributed by atoms with Crippen LogP contribution in [0.25, 0.3) is 0 Å². The molecule has 0 aliphatic rings. The first-order chi connectivity index (χ1) is 9.12. The van der Waals surface area contributed by atoms with Gasteiger partial charge in [-0.25, -0.2) is 0 Å². The Balaban J connectivity index is 2.65. The zero-order chi connectivity index (χ0) is 15.4. The Labute approximate surface area is 117 Å². The Hall–Kier alpha value is -1.23. The highest BCUT2D eigenvalue weighted by Gasteiger charge is 2.30. The maximum absolute atomic E-state index is 12.6. The molecule has 0 fully saturated rings. The normalized spacial score (nSPS) is 14.2. The van der Waals surface area contributed by atoms with Gasteiger partial charge in [-0.05, 0) is 30.0 Å². The van der Waals surface area contributed by atoms with Crippen molar-refractivity contribution in [2.45, 2.75) is 33.4 Å². The molecule has 0 saturated heterocycles. The lowest BCUT2D eigenvalue weighted by Gasteiger charge is -2.24. The van der Waals surface area contributed by atoms with E-state index >= 15 is 0 Å². The number of aliphatic hydroxyl groups is 1. The van der Waals surface area contributed by atoms with Crippen LogP contribution in [0.15, 0.2) is 24.3 Å². The first-order valence-corrected chi connectivity index (χ1v) is 6.53. The van der Waals surface area contributed by atoms with E-state index in [-0.39, 0.29) is 30.3 Å². The van der Waals surface area contributed by atoms with E-state index in [0.29, 0.717) is 0 Å². The number of hydrogen-bond acceptors (Lipinski definition) is 2. The van der Waals surface area contributed by atoms with Gasteiger partial charge in [0.15, 0.2) is 0 Å². The second-order valence-corrected chi connectivity index (χ2v) is 6.15. The maximum Gasteiger partial charge on any atom is 0.416 e. The van der Waals surface area contributed by atoms with Crippen molar-refractivity contribution in [1.29, 1.82) is 0 Å². The van der Waals surface area contributed by atoms with E-state index in [0.717, 1.165) is 18.6 Å². The molecule has 0 amide bonds. The van der Waals surface area contributed by atoms with Gasteiger partial charge >= 0.3 is 6.18 Å². The fourth-order valence-electron chi connectivity index (χ4n) is 2.02. The number of hydrogen-bond donors (Lipinski definition) is 1. The summed E-state index contributed by atoms with van der Waals surface area (Å²) in [7, 11) is 0. The maximum atomic E-state index is 12.6. The average molecular weight is 290 g/mol. The number of aliphatic hydroxyl groups excluding tert-OH is 1. The van der Waals surface area contributed by atoms with E-state index < -0.39 is 11.7 Å². The van der Waals surface area contributed by atoms with E-state index in [1.54, 1.807) is 0 Å². The molecular weight excluding hydrogens is 269 g/mol. The molecule has 5 heteroatoms. The van der Waals surface area contributed by atoms with Gasteiger partial charge in [0.2, 0.25) is 0 Å². The largest absolute Gasteiger partial charge is 0.493 e. The van der Waals surface area contributed by atoms with Crippen molar-refractivity contribution in [1.82, 2.24) is 0 Å². The monoisotopic (exact) mass is 290 g/mol. The van der Waals surface area contributed by atoms with Gasteiger partial charge in [0, 0.05) is 12.5 Å². The Bertz CT molecular complexity index is 422. The van der Waals surface area contributed by atoms with Gasteiger partial charge < -0.3 is 9.84 Å². The summed E-state index contributed by atoms with van der Waals surface area (Å²) >= 11 is 0. The molecule has 0 aliphatic heterocycles. The van der Waals surface area contributed by atoms with Crippen LogP contribution in [-0.2, 0) is 6.18 Å². The van der Waals surface area contributed by atoms with Crippen LogP contribution in [0.1, 0.15) is 32.8 Å². The summed E-state index contributed by atoms with van der Waals surface area (Å²) in [6, 6.07) is 4.79. The Morgan fingerprint density at radius 1 is 1.20 bits per heavy atom. The third-order valence-corrected chi connectivity index (χ3v) is 2.81. The molecule has 0 aliphatic carbocycles. The van der Waals surface area contributed by atoms with Crippen molar-refractivity contribution in [2.75, 3.05) is 13.2 Å². The van der Waals surface area contributed by atoms with Crippen LogP contribution < -0.4 is 4.74 Å². The van der Waals surface area contributed by atoms with Crippen LogP contribution in [0.3, 0.4) is 0 Å². The highest BCUT2D eigenvalue weighted by Crippen LogP contribution is 2.31. The lowest BCUT2D eigenvalue weighted by molar-refractivity contribution is -0.137. The van der Waals surface area contributed by atoms with Crippen LogP contribution in [0, 0.1) is 11.3 Å². The number of rotatable bonds is 5. The number of ether oxygens (including phenoxy) is 1. The molecule has 0 spiro atoms. The minimum atomic E-state index is -4.37. The second kappa shape index (κ2) is 6.48. The molecule has 1 rings (SSSR count). The number of benzene rings is 1. The van der Waals surface area contributed by atoms with Crippen molar-refractivity contribution >= 4 is 0 Å². The standard InChI is InChI=1S/C15H21F3O2/c1-14(2,3)8-11(9-19)10-20-13-6-4-5-12(7-13)15(16,17)18/h4-7,11,19H,8-10H2,1-3H3. The highest BCUT2D eigenvalue weighted by atomic mass is 19.4. The van der Waals surface area contributed by atoms with Crippen molar-refractivity contribution < 1.29 is 23.0 Å². The van der Waals surface area contributed by atoms with Crippen molar-refractivity contribution in [3.8, 4) is 5.75 Å². The molecule has 114 valence electrons. The smallest absolute Gasteiger partial charge is 0.416 e. The fourth-order valence-corrected chi connectivity index (χ4v) is 2.02. The van der Waals surface area contributed by atoms with Crippen molar-refractivity contribution in [2.24, 2.45) is 11.3 Å². The van der Waals surface area contributed by atoms with Crippen molar-refractivity contribution in [3.05, 3.63) is 29.8 Å². The SMILES string of the molecule is CC(C)(C)CC(CO)COc1cccc(C(F)(F)F)c1. The topological polar surface area (TPSA) is 29.5 Å². The fraction of sp³-hybridized carbons (Fsp3) is 0.600. The minimum Gasteiger partial charge on any atom is -0.493 e. The molecule has 1 aromatic rings. The summed E-state index contributed by atoms with van der Waals surface area (Å²) < 4.78 is 43.1. The van der Waals surface area contributed by atoms with Gasteiger partial charge in [0.1, 0.15) is 5.75 Å². The van der Waals surface area contributed by atoms with Crippen LogP contribution >= 0.6 is 0 Å². The van der Waals surface area contributed by atoms with Gasteiger partial charge in [-0.15, -0.1) is 0 Å². The molecule has 0 radical (unpaired) electrons. The molecule has 0 bridgehead atoms. The summed E-state index contributed by atoms with van der Waals surface area (Å²) in [5.74, 6) is 0.0803. The first kappa shape index (κ1) is 16.8. The third-order valence-electron chi connectivity index (χ3n) is 2.81. The molecule has 0 heterocycles. The van der Waals surface area contributed by atoms with E-state index in [4.69, 9.17) is 4.74 Å². The van der Waals surface area contributed by atoms with E-state index in [1.165, 1.54) is 12.1 Å². The average Bonchev–Trinajstić information content (AvgIpc) is 2.32. The molecule has 1 aromatic carbocycles. The Morgan fingerprint density at radius 3 is 2.35 bits per heavy atom. The lowest BCUT2D eigenvalue weighted by Crippen LogP contribution is -2.22. The predicted molar refractivity (Wildman–Crippen MR) is 71.6 cm³/mol. The molecular formula is C15H21F3O2. The van der Waals surface area contributed by atoms with Gasteiger partial charge in [0.25, 0.3) is 0 Å². The highest BCUT2D eigenvalue weighted by molar-refractivity contribution is 5.30. The van der Waals surface area contributed by atoms with E-state index in [9.17, 15) is 18.3 Å². The lowest BCUT2D eigenvalue weighted by atomic mass is 9.85. The van der Waals surface area contributed by atoms with Crippen molar-refractivity contribution in [3.63, 3.8) is 0 Å². The van der Waals surface area contributed by atoms with Crippen LogP contribution in [-0.4, -0.2) is 18.3 Å². The quantitative estimate of drug-likeness (QED) is 0.883. The minimum absolute atomic E-state index is 0.0323. The van der Waals surface area contributed by atoms with Gasteiger partial charge in [0.05, 0.1) is 12.2 Å². The molecule has 20 heavy (non-hydrogen) atoms. The first-order valence-electron chi connectivity index (χ1n) is 6.53. The summed E-state index contributed by atoms with van der Waals surface area (Å²) in [6.45, 7) is 6.28. The molecule has 0 saturated carbocycles.